The molecule has 0 fully saturated rings. The highest BCUT2D eigenvalue weighted by Gasteiger charge is 2.27. The summed E-state index contributed by atoms with van der Waals surface area (Å²) in [5, 5.41) is 13.4. The van der Waals surface area contributed by atoms with Gasteiger partial charge in [-0.15, -0.1) is 0 Å². The highest BCUT2D eigenvalue weighted by Crippen LogP contribution is 2.11. The molecule has 0 aliphatic carbocycles. The van der Waals surface area contributed by atoms with E-state index in [0.717, 1.165) is 0 Å². The molecule has 0 radical (unpaired) electrons. The number of Topliss-reactive ketones (excluding diaryl/α,β-unsaturated/α-hetero) is 1. The van der Waals surface area contributed by atoms with E-state index < -0.39 is 5.60 Å². The Labute approximate surface area is 77.2 Å². The summed E-state index contributed by atoms with van der Waals surface area (Å²) in [6.07, 6.45) is 1.56. The summed E-state index contributed by atoms with van der Waals surface area (Å²) in [4.78, 5) is 11.6. The molecule has 4 heteroatoms. The van der Waals surface area contributed by atoms with Crippen molar-refractivity contribution in [3.05, 3.63) is 18.0 Å². The van der Waals surface area contributed by atoms with Crippen molar-refractivity contribution in [2.24, 2.45) is 0 Å². The molecule has 4 nitrogen and oxygen atoms in total. The van der Waals surface area contributed by atoms with Crippen LogP contribution in [0.15, 0.2) is 12.3 Å². The molecule has 0 spiro atoms. The topological polar surface area (TPSA) is 55.1 Å². The number of carbonyl (C=O) groups is 1. The van der Waals surface area contributed by atoms with Gasteiger partial charge in [0.1, 0.15) is 11.3 Å². The Hall–Kier alpha value is -1.16. The Balaban J connectivity index is 3.02. The standard InChI is InChI=1S/C9H14N2O2/c1-4-11-7(5-6-10-11)8(12)9(2,3)13/h5-6,13H,4H2,1-3H3. The van der Waals surface area contributed by atoms with Crippen LogP contribution in [0.5, 0.6) is 0 Å². The third-order valence-corrected chi connectivity index (χ3v) is 1.80. The molecule has 1 N–H and O–H groups in total. The van der Waals surface area contributed by atoms with Crippen LogP contribution in [0.2, 0.25) is 0 Å². The molecular weight excluding hydrogens is 168 g/mol. The molecule has 0 saturated carbocycles. The number of aryl methyl sites for hydroxylation is 1. The summed E-state index contributed by atoms with van der Waals surface area (Å²) in [6.45, 7) is 5.48. The fraction of sp³-hybridized carbons (Fsp3) is 0.556. The van der Waals surface area contributed by atoms with Crippen LogP contribution in [0.3, 0.4) is 0 Å². The summed E-state index contributed by atoms with van der Waals surface area (Å²) in [5.41, 5.74) is -0.873. The van der Waals surface area contributed by atoms with Gasteiger partial charge in [0.25, 0.3) is 0 Å². The monoisotopic (exact) mass is 182 g/mol. The van der Waals surface area contributed by atoms with E-state index in [1.165, 1.54) is 13.8 Å². The number of aromatic nitrogens is 2. The third kappa shape index (κ3) is 1.95. The molecular formula is C9H14N2O2. The highest BCUT2D eigenvalue weighted by atomic mass is 16.3. The molecule has 0 aliphatic heterocycles. The van der Waals surface area contributed by atoms with Crippen LogP contribution < -0.4 is 0 Å². The molecule has 0 saturated heterocycles. The number of hydrogen-bond acceptors (Lipinski definition) is 3. The first kappa shape index (κ1) is 9.92. The Kier molecular flexibility index (Phi) is 2.52. The average molecular weight is 182 g/mol. The van der Waals surface area contributed by atoms with Crippen LogP contribution in [0.4, 0.5) is 0 Å². The van der Waals surface area contributed by atoms with Gasteiger partial charge < -0.3 is 5.11 Å². The smallest absolute Gasteiger partial charge is 0.211 e. The first-order chi connectivity index (χ1) is 5.96. The predicted molar refractivity (Wildman–Crippen MR) is 48.5 cm³/mol. The first-order valence-corrected chi connectivity index (χ1v) is 4.25. The van der Waals surface area contributed by atoms with E-state index in [0.29, 0.717) is 12.2 Å². The van der Waals surface area contributed by atoms with Crippen LogP contribution in [-0.4, -0.2) is 26.3 Å². The molecule has 1 heterocycles. The zero-order valence-corrected chi connectivity index (χ0v) is 8.11. The molecule has 1 aromatic heterocycles. The second kappa shape index (κ2) is 3.30. The predicted octanol–water partition coefficient (Wildman–Crippen LogP) is 0.857. The second-order valence-corrected chi connectivity index (χ2v) is 3.42. The van der Waals surface area contributed by atoms with Crippen LogP contribution in [0, 0.1) is 0 Å². The van der Waals surface area contributed by atoms with Gasteiger partial charge in [0.05, 0.1) is 0 Å². The minimum absolute atomic E-state index is 0.299. The largest absolute Gasteiger partial charge is 0.382 e. The normalized spacial score (nSPS) is 11.7. The summed E-state index contributed by atoms with van der Waals surface area (Å²) >= 11 is 0. The molecule has 0 atom stereocenters. The minimum atomic E-state index is -1.33. The van der Waals surface area contributed by atoms with E-state index in [9.17, 15) is 9.90 Å². The maximum Gasteiger partial charge on any atom is 0.211 e. The van der Waals surface area contributed by atoms with Crippen LogP contribution in [0.1, 0.15) is 31.3 Å². The van der Waals surface area contributed by atoms with Crippen molar-refractivity contribution >= 4 is 5.78 Å². The fourth-order valence-electron chi connectivity index (χ4n) is 1.09. The van der Waals surface area contributed by atoms with Gasteiger partial charge in [-0.05, 0) is 26.8 Å². The minimum Gasteiger partial charge on any atom is -0.382 e. The Morgan fingerprint density at radius 3 is 2.77 bits per heavy atom. The molecule has 72 valence electrons. The maximum atomic E-state index is 11.6. The summed E-state index contributed by atoms with van der Waals surface area (Å²) in [5.74, 6) is -0.299. The molecule has 1 aromatic rings. The maximum absolute atomic E-state index is 11.6. The van der Waals surface area contributed by atoms with Gasteiger partial charge in [-0.2, -0.15) is 5.10 Å². The van der Waals surface area contributed by atoms with Crippen molar-refractivity contribution in [1.82, 2.24) is 9.78 Å². The Bertz CT molecular complexity index is 310. The number of carbonyl (C=O) groups excluding carboxylic acids is 1. The van der Waals surface area contributed by atoms with Gasteiger partial charge in [-0.25, -0.2) is 0 Å². The molecule has 13 heavy (non-hydrogen) atoms. The summed E-state index contributed by atoms with van der Waals surface area (Å²) < 4.78 is 1.57. The van der Waals surface area contributed by atoms with E-state index >= 15 is 0 Å². The second-order valence-electron chi connectivity index (χ2n) is 3.42. The fourth-order valence-corrected chi connectivity index (χ4v) is 1.09. The van der Waals surface area contributed by atoms with Crippen molar-refractivity contribution in [3.63, 3.8) is 0 Å². The lowest BCUT2D eigenvalue weighted by Gasteiger charge is -2.15. The Morgan fingerprint density at radius 1 is 1.69 bits per heavy atom. The molecule has 0 bridgehead atoms. The van der Waals surface area contributed by atoms with Crippen LogP contribution >= 0.6 is 0 Å². The molecule has 1 rings (SSSR count). The number of rotatable bonds is 3. The summed E-state index contributed by atoms with van der Waals surface area (Å²) in [7, 11) is 0. The third-order valence-electron chi connectivity index (χ3n) is 1.80. The van der Waals surface area contributed by atoms with E-state index in [1.54, 1.807) is 16.9 Å². The molecule has 0 amide bonds. The zero-order valence-electron chi connectivity index (χ0n) is 8.11. The van der Waals surface area contributed by atoms with E-state index in [2.05, 4.69) is 5.10 Å². The van der Waals surface area contributed by atoms with Gasteiger partial charge in [-0.1, -0.05) is 0 Å². The Morgan fingerprint density at radius 2 is 2.31 bits per heavy atom. The lowest BCUT2D eigenvalue weighted by Crippen LogP contribution is -2.32. The van der Waals surface area contributed by atoms with Crippen molar-refractivity contribution in [3.8, 4) is 0 Å². The van der Waals surface area contributed by atoms with E-state index in [4.69, 9.17) is 0 Å². The van der Waals surface area contributed by atoms with E-state index in [-0.39, 0.29) is 5.78 Å². The van der Waals surface area contributed by atoms with Crippen molar-refractivity contribution in [2.75, 3.05) is 0 Å². The zero-order chi connectivity index (χ0) is 10.1. The van der Waals surface area contributed by atoms with Gasteiger partial charge in [0.2, 0.25) is 5.78 Å². The highest BCUT2D eigenvalue weighted by molar-refractivity contribution is 6.00. The van der Waals surface area contributed by atoms with Gasteiger partial charge >= 0.3 is 0 Å². The van der Waals surface area contributed by atoms with Crippen molar-refractivity contribution in [2.45, 2.75) is 32.9 Å². The van der Waals surface area contributed by atoms with Gasteiger partial charge in [0.15, 0.2) is 0 Å². The number of nitrogens with zero attached hydrogens (tertiary/aromatic N) is 2. The van der Waals surface area contributed by atoms with Crippen LogP contribution in [0.25, 0.3) is 0 Å². The molecule has 0 aliphatic rings. The van der Waals surface area contributed by atoms with Gasteiger partial charge in [-0.3, -0.25) is 9.48 Å². The SMILES string of the molecule is CCn1nccc1C(=O)C(C)(C)O. The van der Waals surface area contributed by atoms with E-state index in [1.807, 2.05) is 6.92 Å². The average Bonchev–Trinajstić information content (AvgIpc) is 2.48. The number of hydrogen-bond donors (Lipinski definition) is 1. The van der Waals surface area contributed by atoms with Crippen molar-refractivity contribution in [1.29, 1.82) is 0 Å². The first-order valence-electron chi connectivity index (χ1n) is 4.25. The number of aliphatic hydroxyl groups is 1. The molecule has 0 aromatic carbocycles. The quantitative estimate of drug-likeness (QED) is 0.705. The van der Waals surface area contributed by atoms with Crippen molar-refractivity contribution < 1.29 is 9.90 Å². The summed E-state index contributed by atoms with van der Waals surface area (Å²) in [6, 6.07) is 1.61. The lowest BCUT2D eigenvalue weighted by atomic mass is 10.0. The number of ketones is 1. The van der Waals surface area contributed by atoms with Crippen LogP contribution in [-0.2, 0) is 6.54 Å². The van der Waals surface area contributed by atoms with Gasteiger partial charge in [0, 0.05) is 12.7 Å². The lowest BCUT2D eigenvalue weighted by molar-refractivity contribution is 0.0476. The molecule has 0 unspecified atom stereocenters.